The lowest BCUT2D eigenvalue weighted by Gasteiger charge is -2.33. The van der Waals surface area contributed by atoms with Crippen LogP contribution in [0.4, 0.5) is 0 Å². The number of benzene rings is 1. The smallest absolute Gasteiger partial charge is 0.289 e. The average Bonchev–Trinajstić information content (AvgIpc) is 3.10. The fourth-order valence-corrected chi connectivity index (χ4v) is 3.92. The lowest BCUT2D eigenvalue weighted by molar-refractivity contribution is 0.0611. The number of hydrogen-bond acceptors (Lipinski definition) is 4. The molecule has 3 rings (SSSR count). The molecule has 6 heteroatoms. The second kappa shape index (κ2) is 7.97. The van der Waals surface area contributed by atoms with Gasteiger partial charge in [0, 0.05) is 31.1 Å². The summed E-state index contributed by atoms with van der Waals surface area (Å²) in [6.07, 6.45) is 0. The third-order valence-electron chi connectivity index (χ3n) is 4.54. The van der Waals surface area contributed by atoms with Gasteiger partial charge in [0.1, 0.15) is 5.76 Å². The van der Waals surface area contributed by atoms with E-state index in [1.54, 1.807) is 12.1 Å². The zero-order valence-corrected chi connectivity index (χ0v) is 15.6. The number of nitrogens with zero attached hydrogens (tertiary/aromatic N) is 2. The maximum absolute atomic E-state index is 12.5. The first-order valence-electron chi connectivity index (χ1n) is 8.62. The first kappa shape index (κ1) is 17.9. The van der Waals surface area contributed by atoms with Gasteiger partial charge in [-0.05, 0) is 37.7 Å². The molecule has 134 valence electrons. The molecule has 0 N–H and O–H groups in total. The molecule has 1 aromatic carbocycles. The van der Waals surface area contributed by atoms with Crippen molar-refractivity contribution in [1.29, 1.82) is 0 Å². The van der Waals surface area contributed by atoms with E-state index in [2.05, 4.69) is 11.8 Å². The van der Waals surface area contributed by atoms with Crippen molar-refractivity contribution >= 4 is 16.7 Å². The average molecular weight is 360 g/mol. The SMILES string of the molecule is CCN1CCN(C(=O)c2ccc(C[S@@](=O)c3ccc(C)cc3)o2)CC1. The Morgan fingerprint density at radius 3 is 2.40 bits per heavy atom. The van der Waals surface area contributed by atoms with Crippen molar-refractivity contribution in [2.75, 3.05) is 32.7 Å². The van der Waals surface area contributed by atoms with Gasteiger partial charge in [-0.3, -0.25) is 9.00 Å². The van der Waals surface area contributed by atoms with Crippen molar-refractivity contribution in [1.82, 2.24) is 9.80 Å². The summed E-state index contributed by atoms with van der Waals surface area (Å²) < 4.78 is 18.1. The van der Waals surface area contributed by atoms with Crippen LogP contribution in [0.15, 0.2) is 45.7 Å². The van der Waals surface area contributed by atoms with E-state index in [1.807, 2.05) is 36.1 Å². The summed E-state index contributed by atoms with van der Waals surface area (Å²) in [5, 5.41) is 0. The Morgan fingerprint density at radius 2 is 1.76 bits per heavy atom. The minimum Gasteiger partial charge on any atom is -0.455 e. The van der Waals surface area contributed by atoms with Crippen LogP contribution < -0.4 is 0 Å². The number of likely N-dealkylation sites (N-methyl/N-ethyl adjacent to an activating group) is 1. The topological polar surface area (TPSA) is 53.8 Å². The van der Waals surface area contributed by atoms with Crippen molar-refractivity contribution in [2.24, 2.45) is 0 Å². The number of amides is 1. The van der Waals surface area contributed by atoms with Gasteiger partial charge in [-0.2, -0.15) is 0 Å². The van der Waals surface area contributed by atoms with Crippen molar-refractivity contribution in [3.05, 3.63) is 53.5 Å². The van der Waals surface area contributed by atoms with Gasteiger partial charge in [0.05, 0.1) is 16.6 Å². The Bertz CT molecular complexity index is 746. The molecule has 5 nitrogen and oxygen atoms in total. The van der Waals surface area contributed by atoms with Crippen LogP contribution >= 0.6 is 0 Å². The molecule has 0 bridgehead atoms. The van der Waals surface area contributed by atoms with Gasteiger partial charge in [-0.25, -0.2) is 0 Å². The molecule has 0 radical (unpaired) electrons. The van der Waals surface area contributed by atoms with Gasteiger partial charge < -0.3 is 14.2 Å². The zero-order chi connectivity index (χ0) is 17.8. The number of aryl methyl sites for hydroxylation is 1. The third-order valence-corrected chi connectivity index (χ3v) is 5.88. The summed E-state index contributed by atoms with van der Waals surface area (Å²) in [5.74, 6) is 1.11. The largest absolute Gasteiger partial charge is 0.455 e. The van der Waals surface area contributed by atoms with E-state index in [-0.39, 0.29) is 11.7 Å². The number of carbonyl (C=O) groups excluding carboxylic acids is 1. The molecular weight excluding hydrogens is 336 g/mol. The predicted octanol–water partition coefficient (Wildman–Crippen LogP) is 2.67. The maximum atomic E-state index is 12.5. The number of piperazine rings is 1. The van der Waals surface area contributed by atoms with Gasteiger partial charge >= 0.3 is 0 Å². The van der Waals surface area contributed by atoms with Gasteiger partial charge in [0.25, 0.3) is 5.91 Å². The maximum Gasteiger partial charge on any atom is 0.289 e. The Kier molecular flexibility index (Phi) is 5.71. The molecule has 25 heavy (non-hydrogen) atoms. The Balaban J connectivity index is 1.61. The highest BCUT2D eigenvalue weighted by molar-refractivity contribution is 7.84. The number of furan rings is 1. The van der Waals surface area contributed by atoms with Crippen LogP contribution in [0.5, 0.6) is 0 Å². The standard InChI is InChI=1S/C19H24N2O3S/c1-3-20-10-12-21(13-11-20)19(22)18-9-6-16(24-18)14-25(23)17-7-4-15(2)5-8-17/h4-9H,3,10-14H2,1-2H3/t25-/m1/s1. The molecule has 0 saturated carbocycles. The van der Waals surface area contributed by atoms with Crippen LogP contribution in [0.1, 0.15) is 28.8 Å². The summed E-state index contributed by atoms with van der Waals surface area (Å²) in [4.78, 5) is 17.5. The molecule has 1 aliphatic rings. The third kappa shape index (κ3) is 4.38. The molecule has 1 aliphatic heterocycles. The summed E-state index contributed by atoms with van der Waals surface area (Å²) in [6, 6.07) is 11.1. The minimum atomic E-state index is -1.18. The highest BCUT2D eigenvalue weighted by atomic mass is 32.2. The van der Waals surface area contributed by atoms with E-state index in [1.165, 1.54) is 0 Å². The summed E-state index contributed by atoms with van der Waals surface area (Å²) in [6.45, 7) is 8.37. The van der Waals surface area contributed by atoms with E-state index >= 15 is 0 Å². The first-order chi connectivity index (χ1) is 12.1. The number of rotatable bonds is 5. The van der Waals surface area contributed by atoms with E-state index in [9.17, 15) is 9.00 Å². The van der Waals surface area contributed by atoms with Crippen molar-refractivity contribution in [3.8, 4) is 0 Å². The molecular formula is C19H24N2O3S. The summed E-state index contributed by atoms with van der Waals surface area (Å²) in [5.41, 5.74) is 1.13. The van der Waals surface area contributed by atoms with Crippen LogP contribution in [0.3, 0.4) is 0 Å². The van der Waals surface area contributed by atoms with E-state index < -0.39 is 10.8 Å². The van der Waals surface area contributed by atoms with Crippen LogP contribution in [0.25, 0.3) is 0 Å². The highest BCUT2D eigenvalue weighted by Gasteiger charge is 2.23. The molecule has 2 aromatic rings. The molecule has 0 aliphatic carbocycles. The number of carbonyl (C=O) groups is 1. The molecule has 1 aromatic heterocycles. The lowest BCUT2D eigenvalue weighted by atomic mass is 10.2. The van der Waals surface area contributed by atoms with E-state index in [0.717, 1.165) is 43.2 Å². The minimum absolute atomic E-state index is 0.0804. The molecule has 0 spiro atoms. The molecule has 2 heterocycles. The van der Waals surface area contributed by atoms with Crippen molar-refractivity contribution in [3.63, 3.8) is 0 Å². The molecule has 1 atom stereocenters. The molecule has 1 amide bonds. The fraction of sp³-hybridized carbons (Fsp3) is 0.421. The highest BCUT2D eigenvalue weighted by Crippen LogP contribution is 2.17. The second-order valence-corrected chi connectivity index (χ2v) is 7.75. The zero-order valence-electron chi connectivity index (χ0n) is 14.7. The molecule has 1 fully saturated rings. The van der Waals surface area contributed by atoms with Gasteiger partial charge in [0.2, 0.25) is 0 Å². The van der Waals surface area contributed by atoms with Crippen molar-refractivity contribution in [2.45, 2.75) is 24.5 Å². The Morgan fingerprint density at radius 1 is 1.08 bits per heavy atom. The van der Waals surface area contributed by atoms with Crippen LogP contribution in [0, 0.1) is 6.92 Å². The van der Waals surface area contributed by atoms with Crippen LogP contribution in [-0.4, -0.2) is 52.6 Å². The van der Waals surface area contributed by atoms with E-state index in [0.29, 0.717) is 11.5 Å². The van der Waals surface area contributed by atoms with Crippen LogP contribution in [-0.2, 0) is 16.6 Å². The Hall–Kier alpha value is -1.92. The van der Waals surface area contributed by atoms with Gasteiger partial charge in [-0.15, -0.1) is 0 Å². The normalized spacial score (nSPS) is 16.8. The lowest BCUT2D eigenvalue weighted by Crippen LogP contribution is -2.48. The quantitative estimate of drug-likeness (QED) is 0.823. The van der Waals surface area contributed by atoms with Crippen LogP contribution in [0.2, 0.25) is 0 Å². The molecule has 1 saturated heterocycles. The predicted molar refractivity (Wildman–Crippen MR) is 98.0 cm³/mol. The van der Waals surface area contributed by atoms with E-state index in [4.69, 9.17) is 4.42 Å². The first-order valence-corrected chi connectivity index (χ1v) is 9.94. The van der Waals surface area contributed by atoms with Gasteiger partial charge in [-0.1, -0.05) is 24.6 Å². The van der Waals surface area contributed by atoms with Crippen molar-refractivity contribution < 1.29 is 13.4 Å². The summed E-state index contributed by atoms with van der Waals surface area (Å²) in [7, 11) is -1.18. The monoisotopic (exact) mass is 360 g/mol. The number of hydrogen-bond donors (Lipinski definition) is 0. The fourth-order valence-electron chi connectivity index (χ4n) is 2.90. The summed E-state index contributed by atoms with van der Waals surface area (Å²) >= 11 is 0. The second-order valence-electron chi connectivity index (χ2n) is 6.30. The Labute approximate surface area is 151 Å². The van der Waals surface area contributed by atoms with Gasteiger partial charge in [0.15, 0.2) is 5.76 Å². The molecule has 0 unspecified atom stereocenters.